The van der Waals surface area contributed by atoms with Crippen molar-refractivity contribution >= 4 is 22.3 Å². The molecule has 0 radical (unpaired) electrons. The first-order valence-electron chi connectivity index (χ1n) is 3.16. The molecule has 0 spiro atoms. The lowest BCUT2D eigenvalue weighted by molar-refractivity contribution is 0.603. The van der Waals surface area contributed by atoms with Gasteiger partial charge in [0.2, 0.25) is 0 Å². The zero-order valence-corrected chi connectivity index (χ0v) is 7.49. The first-order valence-corrected chi connectivity index (χ1v) is 4.85. The Morgan fingerprint density at radius 3 is 2.60 bits per heavy atom. The van der Waals surface area contributed by atoms with Gasteiger partial charge in [-0.05, 0) is 19.5 Å². The Kier molecular flexibility index (Phi) is 6.06. The van der Waals surface area contributed by atoms with E-state index in [1.165, 1.54) is 0 Å². The van der Waals surface area contributed by atoms with Crippen molar-refractivity contribution in [1.82, 2.24) is 5.32 Å². The van der Waals surface area contributed by atoms with Crippen LogP contribution in [0.4, 0.5) is 0 Å². The highest BCUT2D eigenvalue weighted by Crippen LogP contribution is 2.00. The Labute approximate surface area is 67.7 Å². The van der Waals surface area contributed by atoms with Gasteiger partial charge in [-0.2, -0.15) is 0 Å². The summed E-state index contributed by atoms with van der Waals surface area (Å²) in [6.45, 7) is 3.47. The van der Waals surface area contributed by atoms with Crippen molar-refractivity contribution in [3.8, 4) is 0 Å². The van der Waals surface area contributed by atoms with Gasteiger partial charge in [-0.15, -0.1) is 11.6 Å². The van der Waals surface area contributed by atoms with Crippen molar-refractivity contribution in [2.45, 2.75) is 18.1 Å². The molecule has 1 N–H and O–H groups in total. The van der Waals surface area contributed by atoms with E-state index in [-0.39, 0.29) is 0 Å². The zero-order valence-electron chi connectivity index (χ0n) is 5.84. The highest BCUT2D eigenvalue weighted by molar-refractivity contribution is 7.74. The number of alkyl halides is 1. The summed E-state index contributed by atoms with van der Waals surface area (Å²) in [5.74, 6) is 0. The van der Waals surface area contributed by atoms with Crippen molar-refractivity contribution in [2.75, 3.05) is 13.1 Å². The van der Waals surface area contributed by atoms with E-state index in [0.29, 0.717) is 13.0 Å². The fourth-order valence-corrected chi connectivity index (χ4v) is 0.952. The van der Waals surface area contributed by atoms with Gasteiger partial charge in [0.1, 0.15) is 4.71 Å². The molecule has 0 amide bonds. The average molecular weight is 186 g/mol. The molecule has 5 heteroatoms. The molecule has 62 valence electrons. The second-order valence-corrected chi connectivity index (χ2v) is 3.89. The predicted molar refractivity (Wildman–Crippen MR) is 43.1 cm³/mol. The fourth-order valence-electron chi connectivity index (χ4n) is 0.503. The van der Waals surface area contributed by atoms with Crippen LogP contribution in [0.3, 0.4) is 0 Å². The molecular weight excluding hydrogens is 174 g/mol. The number of thiol groups is 1. The van der Waals surface area contributed by atoms with Crippen molar-refractivity contribution < 1.29 is 8.42 Å². The monoisotopic (exact) mass is 185 g/mol. The molecule has 0 saturated heterocycles. The molecule has 0 aromatic rings. The zero-order chi connectivity index (χ0) is 7.98. The number of hydrogen-bond donors (Lipinski definition) is 2. The van der Waals surface area contributed by atoms with Crippen LogP contribution in [0.2, 0.25) is 0 Å². The van der Waals surface area contributed by atoms with Gasteiger partial charge >= 0.3 is 0 Å². The lowest BCUT2D eigenvalue weighted by Crippen LogP contribution is -2.18. The largest absolute Gasteiger partial charge is 0.317 e. The highest BCUT2D eigenvalue weighted by atomic mass is 35.5. The van der Waals surface area contributed by atoms with Gasteiger partial charge in [0.05, 0.1) is 0 Å². The van der Waals surface area contributed by atoms with E-state index in [2.05, 4.69) is 5.32 Å². The first kappa shape index (κ1) is 10.2. The molecule has 0 aliphatic carbocycles. The minimum absolute atomic E-state index is 0.480. The van der Waals surface area contributed by atoms with Crippen LogP contribution in [0.15, 0.2) is 0 Å². The van der Waals surface area contributed by atoms with E-state index < -0.39 is 15.4 Å². The molecule has 10 heavy (non-hydrogen) atoms. The molecule has 0 aliphatic heterocycles. The van der Waals surface area contributed by atoms with Gasteiger partial charge in [-0.1, -0.05) is 6.92 Å². The average Bonchev–Trinajstić information content (AvgIpc) is 1.88. The second kappa shape index (κ2) is 5.95. The van der Waals surface area contributed by atoms with Gasteiger partial charge in [0.15, 0.2) is 10.7 Å². The van der Waals surface area contributed by atoms with E-state index in [0.717, 1.165) is 6.54 Å². The fraction of sp³-hybridized carbons (Fsp3) is 1.00. The van der Waals surface area contributed by atoms with Crippen LogP contribution < -0.4 is 5.32 Å². The van der Waals surface area contributed by atoms with E-state index in [1.54, 1.807) is 0 Å². The maximum Gasteiger partial charge on any atom is 0.156 e. The highest BCUT2D eigenvalue weighted by Gasteiger charge is 2.04. The third kappa shape index (κ3) is 5.02. The summed E-state index contributed by atoms with van der Waals surface area (Å²) < 4.78 is 19.6. The first-order chi connectivity index (χ1) is 4.68. The smallest absolute Gasteiger partial charge is 0.156 e. The summed E-state index contributed by atoms with van der Waals surface area (Å²) >= 11 is 5.42. The number of nitrogens with one attached hydrogen (secondary N) is 1. The number of halogens is 1. The third-order valence-corrected chi connectivity index (χ3v) is 2.45. The van der Waals surface area contributed by atoms with Gasteiger partial charge in [0.25, 0.3) is 0 Å². The maximum absolute atomic E-state index is 10.2. The van der Waals surface area contributed by atoms with Crippen molar-refractivity contribution in [2.24, 2.45) is 0 Å². The van der Waals surface area contributed by atoms with Gasteiger partial charge in [-0.25, -0.2) is 8.42 Å². The van der Waals surface area contributed by atoms with Gasteiger partial charge in [0, 0.05) is 0 Å². The van der Waals surface area contributed by atoms with Gasteiger partial charge < -0.3 is 5.32 Å². The molecule has 0 aromatic carbocycles. The van der Waals surface area contributed by atoms with Crippen LogP contribution in [0.5, 0.6) is 0 Å². The van der Waals surface area contributed by atoms with E-state index in [9.17, 15) is 8.42 Å². The third-order valence-electron chi connectivity index (χ3n) is 1.04. The Hall–Kier alpha value is 0.200. The predicted octanol–water partition coefficient (Wildman–Crippen LogP) is 0.162. The minimum Gasteiger partial charge on any atom is -0.317 e. The number of hydrogen-bond acceptors (Lipinski definition) is 3. The lowest BCUT2D eigenvalue weighted by Gasteiger charge is -2.00. The summed E-state index contributed by atoms with van der Waals surface area (Å²) in [5, 5.41) is 2.98. The minimum atomic E-state index is -2.45. The van der Waals surface area contributed by atoms with E-state index >= 15 is 0 Å². The normalized spacial score (nSPS) is 13.9. The molecule has 0 rings (SSSR count). The lowest BCUT2D eigenvalue weighted by atomic mass is 10.5. The van der Waals surface area contributed by atoms with E-state index in [4.69, 9.17) is 11.6 Å². The Morgan fingerprint density at radius 1 is 1.60 bits per heavy atom. The molecule has 0 saturated carbocycles. The summed E-state index contributed by atoms with van der Waals surface area (Å²) in [6.07, 6.45) is 0.480. The van der Waals surface area contributed by atoms with Gasteiger partial charge in [-0.3, -0.25) is 0 Å². The van der Waals surface area contributed by atoms with Crippen molar-refractivity contribution in [1.29, 1.82) is 0 Å². The summed E-state index contributed by atoms with van der Waals surface area (Å²) in [6, 6.07) is 0. The van der Waals surface area contributed by atoms with Crippen molar-refractivity contribution in [3.63, 3.8) is 0 Å². The van der Waals surface area contributed by atoms with Crippen LogP contribution >= 0.6 is 11.6 Å². The molecule has 3 nitrogen and oxygen atoms in total. The SMILES string of the molecule is CCNCCC(Cl)[SH](=O)=O. The van der Waals surface area contributed by atoms with E-state index in [1.807, 2.05) is 6.92 Å². The molecule has 0 fully saturated rings. The molecule has 0 heterocycles. The molecule has 0 aromatic heterocycles. The standard InChI is InChI=1S/C5H12ClNO2S/c1-2-7-4-3-5(6)10(8)9/h5,7,10H,2-4H2,1H3. The summed E-state index contributed by atoms with van der Waals surface area (Å²) in [7, 11) is -2.45. The van der Waals surface area contributed by atoms with Crippen LogP contribution in [-0.4, -0.2) is 26.2 Å². The number of rotatable bonds is 5. The molecule has 0 aliphatic rings. The molecule has 0 bridgehead atoms. The Balaban J connectivity index is 3.30. The molecule has 1 unspecified atom stereocenters. The van der Waals surface area contributed by atoms with Crippen LogP contribution in [0, 0.1) is 0 Å². The quantitative estimate of drug-likeness (QED) is 0.365. The Bertz CT molecular complexity index is 141. The summed E-state index contributed by atoms with van der Waals surface area (Å²) in [4.78, 5) is 0. The van der Waals surface area contributed by atoms with Crippen LogP contribution in [0.25, 0.3) is 0 Å². The summed E-state index contributed by atoms with van der Waals surface area (Å²) in [5.41, 5.74) is 0. The topological polar surface area (TPSA) is 46.2 Å². The van der Waals surface area contributed by atoms with Crippen molar-refractivity contribution in [3.05, 3.63) is 0 Å². The molecule has 1 atom stereocenters. The maximum atomic E-state index is 10.2. The van der Waals surface area contributed by atoms with Crippen LogP contribution in [-0.2, 0) is 10.7 Å². The Morgan fingerprint density at radius 2 is 2.20 bits per heavy atom. The van der Waals surface area contributed by atoms with Crippen LogP contribution in [0.1, 0.15) is 13.3 Å². The second-order valence-electron chi connectivity index (χ2n) is 1.86. The molecular formula is C5H12ClNO2S.